The van der Waals surface area contributed by atoms with Crippen molar-refractivity contribution < 1.29 is 18.3 Å². The molecule has 0 aliphatic rings. The highest BCUT2D eigenvalue weighted by Crippen LogP contribution is 2.34. The number of alkyl halides is 3. The number of rotatable bonds is 4. The Morgan fingerprint density at radius 3 is 2.47 bits per heavy atom. The van der Waals surface area contributed by atoms with Crippen LogP contribution in [0.1, 0.15) is 18.9 Å². The SMILES string of the molecule is CCC(CO)Nc1ccc(C(F)(F)F)cc1Br. The molecule has 2 N–H and O–H groups in total. The molecule has 1 unspecified atom stereocenters. The van der Waals surface area contributed by atoms with E-state index in [1.54, 1.807) is 0 Å². The average molecular weight is 312 g/mol. The first-order valence-electron chi connectivity index (χ1n) is 5.12. The van der Waals surface area contributed by atoms with Crippen molar-refractivity contribution in [2.75, 3.05) is 11.9 Å². The minimum absolute atomic E-state index is 0.0655. The largest absolute Gasteiger partial charge is 0.416 e. The van der Waals surface area contributed by atoms with Gasteiger partial charge in [-0.05, 0) is 40.5 Å². The van der Waals surface area contributed by atoms with E-state index in [-0.39, 0.29) is 12.6 Å². The Labute approximate surface area is 106 Å². The number of aliphatic hydroxyl groups excluding tert-OH is 1. The second kappa shape index (κ2) is 5.73. The molecule has 0 amide bonds. The molecule has 0 bridgehead atoms. The minimum atomic E-state index is -4.35. The van der Waals surface area contributed by atoms with Gasteiger partial charge in [0.15, 0.2) is 0 Å². The summed E-state index contributed by atoms with van der Waals surface area (Å²) in [4.78, 5) is 0. The first-order valence-corrected chi connectivity index (χ1v) is 5.92. The molecule has 1 aromatic carbocycles. The van der Waals surface area contributed by atoms with Crippen molar-refractivity contribution in [3.8, 4) is 0 Å². The van der Waals surface area contributed by atoms with Crippen LogP contribution in [0.5, 0.6) is 0 Å². The van der Waals surface area contributed by atoms with Gasteiger partial charge in [-0.15, -0.1) is 0 Å². The van der Waals surface area contributed by atoms with E-state index in [1.165, 1.54) is 6.07 Å². The number of halogens is 4. The van der Waals surface area contributed by atoms with Crippen LogP contribution in [-0.2, 0) is 6.18 Å². The Morgan fingerprint density at radius 1 is 1.41 bits per heavy atom. The maximum atomic E-state index is 12.4. The van der Waals surface area contributed by atoms with Crippen LogP contribution in [0.15, 0.2) is 22.7 Å². The van der Waals surface area contributed by atoms with Crippen molar-refractivity contribution in [2.45, 2.75) is 25.6 Å². The second-order valence-electron chi connectivity index (χ2n) is 3.62. The molecule has 96 valence electrons. The minimum Gasteiger partial charge on any atom is -0.394 e. The zero-order chi connectivity index (χ0) is 13.1. The quantitative estimate of drug-likeness (QED) is 0.889. The van der Waals surface area contributed by atoms with Gasteiger partial charge in [-0.1, -0.05) is 6.92 Å². The molecule has 0 aliphatic carbocycles. The van der Waals surface area contributed by atoms with Crippen molar-refractivity contribution in [3.05, 3.63) is 28.2 Å². The molecule has 0 spiro atoms. The summed E-state index contributed by atoms with van der Waals surface area (Å²) >= 11 is 3.08. The predicted molar refractivity (Wildman–Crippen MR) is 63.9 cm³/mol. The number of nitrogens with one attached hydrogen (secondary N) is 1. The van der Waals surface area contributed by atoms with Gasteiger partial charge < -0.3 is 10.4 Å². The zero-order valence-corrected chi connectivity index (χ0v) is 10.8. The van der Waals surface area contributed by atoms with E-state index in [0.29, 0.717) is 16.6 Å². The van der Waals surface area contributed by atoms with Crippen LogP contribution in [0.4, 0.5) is 18.9 Å². The van der Waals surface area contributed by atoms with Crippen LogP contribution in [0.3, 0.4) is 0 Å². The van der Waals surface area contributed by atoms with Crippen LogP contribution in [0.2, 0.25) is 0 Å². The Kier molecular flexibility index (Phi) is 4.82. The Balaban J connectivity index is 2.90. The summed E-state index contributed by atoms with van der Waals surface area (Å²) in [6, 6.07) is 3.22. The highest BCUT2D eigenvalue weighted by atomic mass is 79.9. The van der Waals surface area contributed by atoms with Gasteiger partial charge in [-0.2, -0.15) is 13.2 Å². The molecular formula is C11H13BrF3NO. The third kappa shape index (κ3) is 3.89. The van der Waals surface area contributed by atoms with Crippen LogP contribution < -0.4 is 5.32 Å². The Morgan fingerprint density at radius 2 is 2.06 bits per heavy atom. The molecule has 0 fully saturated rings. The number of benzene rings is 1. The number of aliphatic hydroxyl groups is 1. The fourth-order valence-electron chi connectivity index (χ4n) is 1.31. The molecule has 17 heavy (non-hydrogen) atoms. The summed E-state index contributed by atoms with van der Waals surface area (Å²) in [5.74, 6) is 0. The van der Waals surface area contributed by atoms with Crippen molar-refractivity contribution in [1.29, 1.82) is 0 Å². The van der Waals surface area contributed by atoms with Crippen molar-refractivity contribution >= 4 is 21.6 Å². The number of hydrogen-bond donors (Lipinski definition) is 2. The van der Waals surface area contributed by atoms with Gasteiger partial charge in [0.1, 0.15) is 0 Å². The molecule has 6 heteroatoms. The molecule has 0 heterocycles. The van der Waals surface area contributed by atoms with Gasteiger partial charge >= 0.3 is 6.18 Å². The molecule has 0 saturated carbocycles. The maximum absolute atomic E-state index is 12.4. The van der Waals surface area contributed by atoms with E-state index in [9.17, 15) is 13.2 Å². The molecule has 0 saturated heterocycles. The van der Waals surface area contributed by atoms with Crippen LogP contribution >= 0.6 is 15.9 Å². The molecule has 1 aromatic rings. The lowest BCUT2D eigenvalue weighted by Gasteiger charge is -2.17. The van der Waals surface area contributed by atoms with Gasteiger partial charge in [-0.3, -0.25) is 0 Å². The smallest absolute Gasteiger partial charge is 0.394 e. The first kappa shape index (κ1) is 14.3. The Bertz CT molecular complexity index is 377. The normalized spacial score (nSPS) is 13.5. The topological polar surface area (TPSA) is 32.3 Å². The van der Waals surface area contributed by atoms with E-state index < -0.39 is 11.7 Å². The summed E-state index contributed by atoms with van der Waals surface area (Å²) in [6.45, 7) is 1.82. The second-order valence-corrected chi connectivity index (χ2v) is 4.48. The van der Waals surface area contributed by atoms with Crippen molar-refractivity contribution in [2.24, 2.45) is 0 Å². The van der Waals surface area contributed by atoms with Crippen LogP contribution in [-0.4, -0.2) is 17.8 Å². The van der Waals surface area contributed by atoms with Gasteiger partial charge in [0.25, 0.3) is 0 Å². The summed E-state index contributed by atoms with van der Waals surface area (Å²) < 4.78 is 37.6. The molecule has 0 aromatic heterocycles. The number of anilines is 1. The van der Waals surface area contributed by atoms with Crippen LogP contribution in [0, 0.1) is 0 Å². The molecule has 0 aliphatic heterocycles. The third-order valence-electron chi connectivity index (χ3n) is 2.37. The fraction of sp³-hybridized carbons (Fsp3) is 0.455. The average Bonchev–Trinajstić information content (AvgIpc) is 2.26. The van der Waals surface area contributed by atoms with Crippen LogP contribution in [0.25, 0.3) is 0 Å². The van der Waals surface area contributed by atoms with Crippen molar-refractivity contribution in [1.82, 2.24) is 0 Å². The first-order chi connectivity index (χ1) is 7.88. The lowest BCUT2D eigenvalue weighted by Crippen LogP contribution is -2.22. The molecular weight excluding hydrogens is 299 g/mol. The lowest BCUT2D eigenvalue weighted by atomic mass is 10.1. The van der Waals surface area contributed by atoms with Gasteiger partial charge in [0.2, 0.25) is 0 Å². The van der Waals surface area contributed by atoms with Crippen molar-refractivity contribution in [3.63, 3.8) is 0 Å². The van der Waals surface area contributed by atoms with Gasteiger partial charge in [0.05, 0.1) is 12.2 Å². The number of hydrogen-bond acceptors (Lipinski definition) is 2. The molecule has 0 radical (unpaired) electrons. The van der Waals surface area contributed by atoms with E-state index in [0.717, 1.165) is 12.1 Å². The van der Waals surface area contributed by atoms with Gasteiger partial charge in [0, 0.05) is 16.2 Å². The third-order valence-corrected chi connectivity index (χ3v) is 3.03. The summed E-state index contributed by atoms with van der Waals surface area (Å²) in [5.41, 5.74) is -0.161. The Hall–Kier alpha value is -0.750. The lowest BCUT2D eigenvalue weighted by molar-refractivity contribution is -0.137. The zero-order valence-electron chi connectivity index (χ0n) is 9.18. The summed E-state index contributed by atoms with van der Waals surface area (Å²) in [6.07, 6.45) is -3.66. The van der Waals surface area contributed by atoms with E-state index in [4.69, 9.17) is 5.11 Å². The standard InChI is InChI=1S/C11H13BrF3NO/c1-2-8(6-17)16-10-4-3-7(5-9(10)12)11(13,14)15/h3-5,8,16-17H,2,6H2,1H3. The van der Waals surface area contributed by atoms with E-state index in [1.807, 2.05) is 6.92 Å². The molecule has 1 rings (SSSR count). The summed E-state index contributed by atoms with van der Waals surface area (Å²) in [5, 5.41) is 12.0. The highest BCUT2D eigenvalue weighted by Gasteiger charge is 2.30. The van der Waals surface area contributed by atoms with Gasteiger partial charge in [-0.25, -0.2) is 0 Å². The molecule has 2 nitrogen and oxygen atoms in total. The summed E-state index contributed by atoms with van der Waals surface area (Å²) in [7, 11) is 0. The maximum Gasteiger partial charge on any atom is 0.416 e. The predicted octanol–water partition coefficient (Wildman–Crippen LogP) is 3.65. The monoisotopic (exact) mass is 311 g/mol. The molecule has 1 atom stereocenters. The van der Waals surface area contributed by atoms with E-state index >= 15 is 0 Å². The fourth-order valence-corrected chi connectivity index (χ4v) is 1.80. The highest BCUT2D eigenvalue weighted by molar-refractivity contribution is 9.10. The van der Waals surface area contributed by atoms with E-state index in [2.05, 4.69) is 21.2 Å².